The molecule has 3 heterocycles. The fourth-order valence-corrected chi connectivity index (χ4v) is 4.93. The van der Waals surface area contributed by atoms with Gasteiger partial charge in [0, 0.05) is 55.8 Å². The van der Waals surface area contributed by atoms with Crippen LogP contribution in [0.25, 0.3) is 10.6 Å². The van der Waals surface area contributed by atoms with Crippen molar-refractivity contribution >= 4 is 23.2 Å². The summed E-state index contributed by atoms with van der Waals surface area (Å²) in [6.45, 7) is 6.19. The number of carbonyl (C=O) groups is 2. The van der Waals surface area contributed by atoms with Crippen molar-refractivity contribution in [3.63, 3.8) is 0 Å². The molecule has 7 nitrogen and oxygen atoms in total. The zero-order chi connectivity index (χ0) is 21.5. The van der Waals surface area contributed by atoms with Crippen molar-refractivity contribution in [2.45, 2.75) is 25.8 Å². The van der Waals surface area contributed by atoms with E-state index in [-0.39, 0.29) is 17.7 Å². The van der Waals surface area contributed by atoms with Crippen LogP contribution in [0.5, 0.6) is 0 Å². The molecule has 2 fully saturated rings. The molecule has 0 radical (unpaired) electrons. The van der Waals surface area contributed by atoms with Gasteiger partial charge < -0.3 is 15.0 Å². The van der Waals surface area contributed by atoms with Gasteiger partial charge in [-0.25, -0.2) is 4.98 Å². The Morgan fingerprint density at radius 2 is 2.00 bits per heavy atom. The summed E-state index contributed by atoms with van der Waals surface area (Å²) in [6.07, 6.45) is 3.84. The molecule has 2 aromatic rings. The molecule has 0 unspecified atom stereocenters. The Morgan fingerprint density at radius 3 is 2.81 bits per heavy atom. The van der Waals surface area contributed by atoms with Gasteiger partial charge in [0.05, 0.1) is 25.7 Å². The average Bonchev–Trinajstić information content (AvgIpc) is 3.29. The van der Waals surface area contributed by atoms with Gasteiger partial charge in [0.15, 0.2) is 0 Å². The molecule has 1 N–H and O–H groups in total. The number of carbonyl (C=O) groups excluding carboxylic acids is 2. The van der Waals surface area contributed by atoms with E-state index in [1.807, 2.05) is 41.4 Å². The Labute approximate surface area is 187 Å². The number of benzene rings is 1. The summed E-state index contributed by atoms with van der Waals surface area (Å²) in [7, 11) is 0. The minimum Gasteiger partial charge on any atom is -0.379 e. The van der Waals surface area contributed by atoms with Crippen molar-refractivity contribution in [1.29, 1.82) is 0 Å². The highest BCUT2D eigenvalue weighted by Gasteiger charge is 2.30. The first-order chi connectivity index (χ1) is 15.2. The van der Waals surface area contributed by atoms with E-state index in [2.05, 4.69) is 15.2 Å². The third-order valence-corrected chi connectivity index (χ3v) is 6.93. The highest BCUT2D eigenvalue weighted by molar-refractivity contribution is 7.15. The summed E-state index contributed by atoms with van der Waals surface area (Å²) >= 11 is 1.60. The minimum atomic E-state index is -0.136. The van der Waals surface area contributed by atoms with Crippen molar-refractivity contribution in [3.05, 3.63) is 41.4 Å². The maximum atomic E-state index is 12.7. The quantitative estimate of drug-likeness (QED) is 0.680. The molecule has 2 aliphatic heterocycles. The number of hydrogen-bond acceptors (Lipinski definition) is 6. The molecule has 1 atom stereocenters. The van der Waals surface area contributed by atoms with Gasteiger partial charge in [-0.1, -0.05) is 30.3 Å². The molecule has 1 aromatic carbocycles. The lowest BCUT2D eigenvalue weighted by Crippen LogP contribution is -2.46. The number of amides is 2. The van der Waals surface area contributed by atoms with Crippen molar-refractivity contribution in [1.82, 2.24) is 20.1 Å². The standard InChI is InChI=1S/C23H30N4O3S/c28-21-8-7-19(17-27(21)10-4-9-26-11-13-30-14-12-26)22(29)24-15-20-16-25-23(31-20)18-5-2-1-3-6-18/h1-3,5-6,16,19H,4,7-15,17H2,(H,24,29)/t19-/m1/s1. The highest BCUT2D eigenvalue weighted by atomic mass is 32.1. The van der Waals surface area contributed by atoms with E-state index < -0.39 is 0 Å². The Balaban J connectivity index is 1.23. The second-order valence-corrected chi connectivity index (χ2v) is 9.21. The molecule has 0 aliphatic carbocycles. The van der Waals surface area contributed by atoms with Crippen LogP contribution in [-0.4, -0.2) is 72.5 Å². The maximum Gasteiger partial charge on any atom is 0.225 e. The van der Waals surface area contributed by atoms with Crippen LogP contribution >= 0.6 is 11.3 Å². The first kappa shape index (κ1) is 21.9. The number of piperidine rings is 1. The lowest BCUT2D eigenvalue weighted by molar-refractivity contribution is -0.138. The summed E-state index contributed by atoms with van der Waals surface area (Å²) in [6, 6.07) is 10.0. The third kappa shape index (κ3) is 6.12. The zero-order valence-corrected chi connectivity index (χ0v) is 18.6. The highest BCUT2D eigenvalue weighted by Crippen LogP contribution is 2.25. The first-order valence-electron chi connectivity index (χ1n) is 11.0. The van der Waals surface area contributed by atoms with E-state index in [0.717, 1.165) is 61.3 Å². The van der Waals surface area contributed by atoms with Crippen LogP contribution in [0.1, 0.15) is 24.1 Å². The number of likely N-dealkylation sites (tertiary alicyclic amines) is 1. The van der Waals surface area contributed by atoms with Gasteiger partial charge in [-0.3, -0.25) is 14.5 Å². The summed E-state index contributed by atoms with van der Waals surface area (Å²) < 4.78 is 5.38. The van der Waals surface area contributed by atoms with Gasteiger partial charge in [-0.2, -0.15) is 0 Å². The fourth-order valence-electron chi connectivity index (χ4n) is 4.08. The number of nitrogens with one attached hydrogen (secondary N) is 1. The predicted molar refractivity (Wildman–Crippen MR) is 121 cm³/mol. The second-order valence-electron chi connectivity index (χ2n) is 8.10. The van der Waals surface area contributed by atoms with Crippen LogP contribution in [0.4, 0.5) is 0 Å². The molecule has 31 heavy (non-hydrogen) atoms. The molecule has 0 bridgehead atoms. The zero-order valence-electron chi connectivity index (χ0n) is 17.8. The van der Waals surface area contributed by atoms with E-state index in [1.54, 1.807) is 11.3 Å². The largest absolute Gasteiger partial charge is 0.379 e. The normalized spacial score (nSPS) is 20.1. The molecular formula is C23H30N4O3S. The van der Waals surface area contributed by atoms with Gasteiger partial charge in [-0.15, -0.1) is 11.3 Å². The Hall–Kier alpha value is -2.29. The van der Waals surface area contributed by atoms with Gasteiger partial charge in [0.1, 0.15) is 5.01 Å². The average molecular weight is 443 g/mol. The number of rotatable bonds is 8. The summed E-state index contributed by atoms with van der Waals surface area (Å²) in [5, 5.41) is 4.01. The minimum absolute atomic E-state index is 0.0281. The number of thiazole rings is 1. The van der Waals surface area contributed by atoms with E-state index in [0.29, 0.717) is 25.9 Å². The topological polar surface area (TPSA) is 74.8 Å². The SMILES string of the molecule is O=C(NCc1cnc(-c2ccccc2)s1)[C@@H]1CCC(=O)N(CCCN2CCOCC2)C1. The number of nitrogens with zero attached hydrogens (tertiary/aromatic N) is 3. The number of morpholine rings is 1. The van der Waals surface area contributed by atoms with Gasteiger partial charge in [0.25, 0.3) is 0 Å². The van der Waals surface area contributed by atoms with Crippen LogP contribution in [0.3, 0.4) is 0 Å². The van der Waals surface area contributed by atoms with E-state index in [9.17, 15) is 9.59 Å². The molecule has 1 aromatic heterocycles. The Bertz CT molecular complexity index is 867. The third-order valence-electron chi connectivity index (χ3n) is 5.89. The van der Waals surface area contributed by atoms with Crippen molar-refractivity contribution < 1.29 is 14.3 Å². The van der Waals surface area contributed by atoms with E-state index in [1.165, 1.54) is 0 Å². The van der Waals surface area contributed by atoms with Crippen LogP contribution < -0.4 is 5.32 Å². The smallest absolute Gasteiger partial charge is 0.225 e. The lowest BCUT2D eigenvalue weighted by atomic mass is 9.96. The fraction of sp³-hybridized carbons (Fsp3) is 0.522. The molecule has 0 spiro atoms. The molecule has 2 aliphatic rings. The van der Waals surface area contributed by atoms with Crippen LogP contribution in [-0.2, 0) is 20.9 Å². The lowest BCUT2D eigenvalue weighted by Gasteiger charge is -2.33. The molecule has 166 valence electrons. The van der Waals surface area contributed by atoms with E-state index in [4.69, 9.17) is 4.74 Å². The molecule has 4 rings (SSSR count). The van der Waals surface area contributed by atoms with Gasteiger partial charge in [-0.05, 0) is 12.8 Å². The van der Waals surface area contributed by atoms with Crippen LogP contribution in [0.15, 0.2) is 36.5 Å². The van der Waals surface area contributed by atoms with E-state index >= 15 is 0 Å². The number of ether oxygens (including phenoxy) is 1. The molecule has 0 saturated carbocycles. The van der Waals surface area contributed by atoms with Crippen molar-refractivity contribution in [2.75, 3.05) is 45.9 Å². The van der Waals surface area contributed by atoms with Gasteiger partial charge >= 0.3 is 0 Å². The Kier molecular flexibility index (Phi) is 7.66. The number of aromatic nitrogens is 1. The predicted octanol–water partition coefficient (Wildman–Crippen LogP) is 2.39. The Morgan fingerprint density at radius 1 is 1.19 bits per heavy atom. The molecule has 2 saturated heterocycles. The summed E-state index contributed by atoms with van der Waals surface area (Å²) in [5.74, 6) is 0.0592. The second kappa shape index (κ2) is 10.8. The maximum absolute atomic E-state index is 12.7. The number of hydrogen-bond donors (Lipinski definition) is 1. The van der Waals surface area contributed by atoms with Crippen LogP contribution in [0, 0.1) is 5.92 Å². The summed E-state index contributed by atoms with van der Waals surface area (Å²) in [5.41, 5.74) is 1.09. The van der Waals surface area contributed by atoms with Gasteiger partial charge in [0.2, 0.25) is 11.8 Å². The molecular weight excluding hydrogens is 412 g/mol. The van der Waals surface area contributed by atoms with Crippen LogP contribution in [0.2, 0.25) is 0 Å². The van der Waals surface area contributed by atoms with Crippen molar-refractivity contribution in [3.8, 4) is 10.6 Å². The summed E-state index contributed by atoms with van der Waals surface area (Å²) in [4.78, 5) is 34.8. The monoisotopic (exact) mass is 442 g/mol. The first-order valence-corrected chi connectivity index (χ1v) is 11.9. The molecule has 8 heteroatoms. The van der Waals surface area contributed by atoms with Crippen molar-refractivity contribution in [2.24, 2.45) is 5.92 Å². The molecule has 2 amide bonds.